The highest BCUT2D eigenvalue weighted by Crippen LogP contribution is 2.32. The van der Waals surface area contributed by atoms with Crippen LogP contribution in [0.25, 0.3) is 0 Å². The number of carboxylic acid groups (broad SMARTS) is 2. The van der Waals surface area contributed by atoms with Crippen molar-refractivity contribution in [3.8, 4) is 0 Å². The van der Waals surface area contributed by atoms with Gasteiger partial charge in [-0.05, 0) is 57.2 Å². The van der Waals surface area contributed by atoms with Crippen molar-refractivity contribution in [1.29, 1.82) is 0 Å². The number of rotatable bonds is 5. The molecule has 8 nitrogen and oxygen atoms in total. The Balaban J connectivity index is 0.000000244. The molecule has 4 rings (SSSR count). The Morgan fingerprint density at radius 1 is 0.971 bits per heavy atom. The predicted molar refractivity (Wildman–Crippen MR) is 107 cm³/mol. The van der Waals surface area contributed by atoms with Gasteiger partial charge in [-0.2, -0.15) is 31.4 Å². The van der Waals surface area contributed by atoms with E-state index < -0.39 is 24.3 Å². The lowest BCUT2D eigenvalue weighted by atomic mass is 10.1. The number of nitrogens with zero attached hydrogens (tertiary/aromatic N) is 4. The van der Waals surface area contributed by atoms with Crippen LogP contribution in [0.15, 0.2) is 12.3 Å². The van der Waals surface area contributed by atoms with E-state index in [4.69, 9.17) is 19.8 Å². The molecule has 0 amide bonds. The smallest absolute Gasteiger partial charge is 0.475 e. The Hall–Kier alpha value is -2.35. The highest BCUT2D eigenvalue weighted by atomic mass is 19.4. The summed E-state index contributed by atoms with van der Waals surface area (Å²) in [5.74, 6) is -4.52. The molecule has 2 fully saturated rings. The highest BCUT2D eigenvalue weighted by molar-refractivity contribution is 5.73. The average Bonchev–Trinajstić information content (AvgIpc) is 3.18. The Kier molecular flexibility index (Phi) is 9.74. The molecule has 1 aromatic rings. The number of fused-ring (bicyclic) bond motifs is 1. The molecule has 34 heavy (non-hydrogen) atoms. The molecule has 2 N–H and O–H groups in total. The Morgan fingerprint density at radius 2 is 1.50 bits per heavy atom. The van der Waals surface area contributed by atoms with Crippen LogP contribution in [0.5, 0.6) is 0 Å². The van der Waals surface area contributed by atoms with Gasteiger partial charge in [0, 0.05) is 32.4 Å². The van der Waals surface area contributed by atoms with Gasteiger partial charge in [-0.15, -0.1) is 0 Å². The third-order valence-corrected chi connectivity index (χ3v) is 5.63. The zero-order chi connectivity index (χ0) is 25.5. The zero-order valence-electron chi connectivity index (χ0n) is 18.4. The summed E-state index contributed by atoms with van der Waals surface area (Å²) in [4.78, 5) is 23.1. The number of alkyl halides is 6. The van der Waals surface area contributed by atoms with Gasteiger partial charge in [-0.1, -0.05) is 0 Å². The van der Waals surface area contributed by atoms with E-state index in [1.807, 2.05) is 6.20 Å². The normalized spacial score (nSPS) is 21.1. The first-order valence-electron chi connectivity index (χ1n) is 10.8. The summed E-state index contributed by atoms with van der Waals surface area (Å²) in [7, 11) is 0. The third-order valence-electron chi connectivity index (χ3n) is 5.63. The van der Waals surface area contributed by atoms with Crippen LogP contribution in [0, 0.1) is 5.92 Å². The van der Waals surface area contributed by atoms with Crippen LogP contribution in [-0.4, -0.2) is 86.8 Å². The second kappa shape index (κ2) is 11.9. The molecule has 2 aliphatic heterocycles. The van der Waals surface area contributed by atoms with Crippen LogP contribution in [0.1, 0.15) is 43.8 Å². The SMILES string of the molecule is O=C(O)C(F)(F)F.O=C(O)C(F)(F)F.c1cc2n(n1)C(CCN1CCCC1)CN(CC1CC1)C2. The summed E-state index contributed by atoms with van der Waals surface area (Å²) < 4.78 is 65.8. The lowest BCUT2D eigenvalue weighted by Crippen LogP contribution is -2.40. The summed E-state index contributed by atoms with van der Waals surface area (Å²) in [6.07, 6.45) is -1.23. The first-order valence-corrected chi connectivity index (χ1v) is 10.8. The van der Waals surface area contributed by atoms with Crippen molar-refractivity contribution in [2.45, 2.75) is 57.0 Å². The fraction of sp³-hybridized carbons (Fsp3) is 0.750. The fourth-order valence-electron chi connectivity index (χ4n) is 3.82. The molecular formula is C20H28F6N4O4. The van der Waals surface area contributed by atoms with Gasteiger partial charge >= 0.3 is 24.3 Å². The summed E-state index contributed by atoms with van der Waals surface area (Å²) in [6, 6.07) is 2.80. The van der Waals surface area contributed by atoms with E-state index in [9.17, 15) is 26.3 Å². The van der Waals surface area contributed by atoms with E-state index in [2.05, 4.69) is 25.6 Å². The lowest BCUT2D eigenvalue weighted by Gasteiger charge is -2.34. The fourth-order valence-corrected chi connectivity index (χ4v) is 3.82. The van der Waals surface area contributed by atoms with E-state index in [-0.39, 0.29) is 0 Å². The summed E-state index contributed by atoms with van der Waals surface area (Å²) in [5.41, 5.74) is 1.42. The van der Waals surface area contributed by atoms with Crippen molar-refractivity contribution in [3.63, 3.8) is 0 Å². The number of likely N-dealkylation sites (tertiary alicyclic amines) is 1. The van der Waals surface area contributed by atoms with Crippen molar-refractivity contribution in [1.82, 2.24) is 19.6 Å². The van der Waals surface area contributed by atoms with Crippen LogP contribution in [-0.2, 0) is 16.1 Å². The molecular weight excluding hydrogens is 474 g/mol. The topological polar surface area (TPSA) is 98.9 Å². The molecule has 1 saturated heterocycles. The first-order chi connectivity index (χ1) is 15.8. The largest absolute Gasteiger partial charge is 0.490 e. The molecule has 1 aromatic heterocycles. The van der Waals surface area contributed by atoms with Crippen LogP contribution < -0.4 is 0 Å². The molecule has 1 unspecified atom stereocenters. The molecule has 1 aliphatic carbocycles. The minimum absolute atomic E-state index is 0.591. The van der Waals surface area contributed by atoms with Crippen molar-refractivity contribution < 1.29 is 46.1 Å². The molecule has 0 aromatic carbocycles. The summed E-state index contributed by atoms with van der Waals surface area (Å²) in [6.45, 7) is 7.50. The number of hydrogen-bond donors (Lipinski definition) is 2. The van der Waals surface area contributed by atoms with E-state index in [1.165, 1.54) is 70.5 Å². The van der Waals surface area contributed by atoms with Gasteiger partial charge in [-0.3, -0.25) is 9.58 Å². The number of halogens is 6. The standard InChI is InChI=1S/C16H26N4.2C2HF3O2/c1-2-9-18(8-1)10-6-16-13-19(11-14-3-4-14)12-15-5-7-17-20(15)16;2*3-2(4,5)1(6)7/h5,7,14,16H,1-4,6,8-13H2;2*(H,6,7). The van der Waals surface area contributed by atoms with E-state index >= 15 is 0 Å². The lowest BCUT2D eigenvalue weighted by molar-refractivity contribution is -0.193. The molecule has 1 saturated carbocycles. The zero-order valence-corrected chi connectivity index (χ0v) is 18.4. The van der Waals surface area contributed by atoms with Crippen LogP contribution in [0.2, 0.25) is 0 Å². The molecule has 0 spiro atoms. The average molecular weight is 502 g/mol. The molecule has 3 aliphatic rings. The Bertz CT molecular complexity index is 780. The number of carbonyl (C=O) groups is 2. The van der Waals surface area contributed by atoms with Crippen molar-refractivity contribution in [2.24, 2.45) is 5.92 Å². The first kappa shape index (κ1) is 27.9. The van der Waals surface area contributed by atoms with Crippen molar-refractivity contribution >= 4 is 11.9 Å². The van der Waals surface area contributed by atoms with Gasteiger partial charge < -0.3 is 15.1 Å². The van der Waals surface area contributed by atoms with Crippen molar-refractivity contribution in [2.75, 3.05) is 32.7 Å². The van der Waals surface area contributed by atoms with Crippen LogP contribution >= 0.6 is 0 Å². The summed E-state index contributed by atoms with van der Waals surface area (Å²) >= 11 is 0. The minimum Gasteiger partial charge on any atom is -0.475 e. The number of hydrogen-bond acceptors (Lipinski definition) is 5. The maximum Gasteiger partial charge on any atom is 0.490 e. The second-order valence-corrected chi connectivity index (χ2v) is 8.50. The maximum atomic E-state index is 10.6. The molecule has 1 atom stereocenters. The third kappa shape index (κ3) is 9.49. The molecule has 3 heterocycles. The van der Waals surface area contributed by atoms with Gasteiger partial charge in [0.2, 0.25) is 0 Å². The summed E-state index contributed by atoms with van der Waals surface area (Å²) in [5, 5.41) is 18.8. The second-order valence-electron chi connectivity index (χ2n) is 8.50. The molecule has 14 heteroatoms. The van der Waals surface area contributed by atoms with Crippen LogP contribution in [0.3, 0.4) is 0 Å². The molecule has 0 radical (unpaired) electrons. The number of aliphatic carboxylic acids is 2. The maximum absolute atomic E-state index is 10.6. The Morgan fingerprint density at radius 3 is 1.97 bits per heavy atom. The van der Waals surface area contributed by atoms with Gasteiger partial charge in [0.1, 0.15) is 0 Å². The number of aromatic nitrogens is 2. The molecule has 194 valence electrons. The molecule has 0 bridgehead atoms. The van der Waals surface area contributed by atoms with E-state index in [1.54, 1.807) is 0 Å². The quantitative estimate of drug-likeness (QED) is 0.596. The number of carboxylic acids is 2. The monoisotopic (exact) mass is 502 g/mol. The Labute approximate surface area is 192 Å². The highest BCUT2D eigenvalue weighted by Gasteiger charge is 2.39. The van der Waals surface area contributed by atoms with E-state index in [0.29, 0.717) is 6.04 Å². The van der Waals surface area contributed by atoms with Gasteiger partial charge in [0.25, 0.3) is 0 Å². The van der Waals surface area contributed by atoms with Crippen molar-refractivity contribution in [3.05, 3.63) is 18.0 Å². The minimum atomic E-state index is -5.08. The predicted octanol–water partition coefficient (Wildman–Crippen LogP) is 3.40. The van der Waals surface area contributed by atoms with Gasteiger partial charge in [0.05, 0.1) is 11.7 Å². The van der Waals surface area contributed by atoms with Crippen LogP contribution in [0.4, 0.5) is 26.3 Å². The van der Waals surface area contributed by atoms with E-state index in [0.717, 1.165) is 12.5 Å². The van der Waals surface area contributed by atoms with Gasteiger partial charge in [0.15, 0.2) is 0 Å². The van der Waals surface area contributed by atoms with Gasteiger partial charge in [-0.25, -0.2) is 9.59 Å².